The second kappa shape index (κ2) is 5.11. The van der Waals surface area contributed by atoms with E-state index in [9.17, 15) is 0 Å². The van der Waals surface area contributed by atoms with E-state index < -0.39 is 0 Å². The van der Waals surface area contributed by atoms with Crippen LogP contribution in [0.5, 0.6) is 0 Å². The predicted molar refractivity (Wildman–Crippen MR) is 79.3 cm³/mol. The second-order valence-corrected chi connectivity index (χ2v) is 7.39. The summed E-state index contributed by atoms with van der Waals surface area (Å²) in [6.07, 6.45) is 3.85. The van der Waals surface area contributed by atoms with Crippen LogP contribution in [0.15, 0.2) is 18.2 Å². The fourth-order valence-corrected chi connectivity index (χ4v) is 4.75. The van der Waals surface area contributed by atoms with Crippen LogP contribution in [0.4, 0.5) is 0 Å². The highest BCUT2D eigenvalue weighted by Gasteiger charge is 2.39. The Labute approximate surface area is 122 Å². The normalized spacial score (nSPS) is 24.9. The lowest BCUT2D eigenvalue weighted by molar-refractivity contribution is 0.257. The minimum absolute atomic E-state index is 0.297. The summed E-state index contributed by atoms with van der Waals surface area (Å²) >= 11 is 16.2. The van der Waals surface area contributed by atoms with Crippen molar-refractivity contribution >= 4 is 39.1 Å². The molecule has 0 amide bonds. The standard InChI is InChI=1S/C14H17BrCl2/c1-14(2)7-3-4-11(14)13(15)10-8-9(16)5-6-12(10)17/h5-6,8,11,13H,3-4,7H2,1-2H3. The number of hydrogen-bond donors (Lipinski definition) is 0. The lowest BCUT2D eigenvalue weighted by atomic mass is 9.78. The molecular weight excluding hydrogens is 319 g/mol. The highest BCUT2D eigenvalue weighted by molar-refractivity contribution is 9.09. The fraction of sp³-hybridized carbons (Fsp3) is 0.571. The van der Waals surface area contributed by atoms with Crippen molar-refractivity contribution in [1.82, 2.24) is 0 Å². The predicted octanol–water partition coefficient (Wildman–Crippen LogP) is 6.26. The second-order valence-electron chi connectivity index (χ2n) is 5.55. The van der Waals surface area contributed by atoms with Gasteiger partial charge in [0.05, 0.1) is 0 Å². The molecule has 94 valence electrons. The Morgan fingerprint density at radius 3 is 2.65 bits per heavy atom. The van der Waals surface area contributed by atoms with Crippen molar-refractivity contribution in [3.8, 4) is 0 Å². The molecule has 1 aromatic rings. The summed E-state index contributed by atoms with van der Waals surface area (Å²) in [7, 11) is 0. The zero-order valence-electron chi connectivity index (χ0n) is 10.1. The van der Waals surface area contributed by atoms with E-state index in [0.717, 1.165) is 15.6 Å². The molecule has 1 aliphatic rings. The Hall–Kier alpha value is 0.280. The van der Waals surface area contributed by atoms with Gasteiger partial charge in [0, 0.05) is 14.9 Å². The number of rotatable bonds is 2. The molecule has 0 N–H and O–H groups in total. The number of hydrogen-bond acceptors (Lipinski definition) is 0. The average Bonchev–Trinajstić information content (AvgIpc) is 2.61. The van der Waals surface area contributed by atoms with Gasteiger partial charge in [0.25, 0.3) is 0 Å². The van der Waals surface area contributed by atoms with E-state index in [2.05, 4.69) is 29.8 Å². The van der Waals surface area contributed by atoms with Gasteiger partial charge in [-0.3, -0.25) is 0 Å². The van der Waals surface area contributed by atoms with E-state index in [4.69, 9.17) is 23.2 Å². The first kappa shape index (κ1) is 13.7. The summed E-state index contributed by atoms with van der Waals surface area (Å²) in [5.74, 6) is 0.624. The lowest BCUT2D eigenvalue weighted by Crippen LogP contribution is -2.21. The smallest absolute Gasteiger partial charge is 0.0450 e. The molecule has 1 aromatic carbocycles. The van der Waals surface area contributed by atoms with Gasteiger partial charge in [0.2, 0.25) is 0 Å². The van der Waals surface area contributed by atoms with E-state index in [1.54, 1.807) is 0 Å². The highest BCUT2D eigenvalue weighted by atomic mass is 79.9. The molecule has 2 atom stereocenters. The molecule has 0 aliphatic heterocycles. The summed E-state index contributed by atoms with van der Waals surface area (Å²) in [4.78, 5) is 0.297. The van der Waals surface area contributed by atoms with Crippen LogP contribution in [0.25, 0.3) is 0 Å². The minimum Gasteiger partial charge on any atom is -0.0843 e. The van der Waals surface area contributed by atoms with E-state index in [1.807, 2.05) is 18.2 Å². The summed E-state index contributed by atoms with van der Waals surface area (Å²) < 4.78 is 0. The fourth-order valence-electron chi connectivity index (χ4n) is 2.84. The van der Waals surface area contributed by atoms with Crippen LogP contribution in [0, 0.1) is 11.3 Å². The van der Waals surface area contributed by atoms with E-state index in [-0.39, 0.29) is 0 Å². The van der Waals surface area contributed by atoms with Gasteiger partial charge in [-0.15, -0.1) is 0 Å². The van der Waals surface area contributed by atoms with Gasteiger partial charge in [0.1, 0.15) is 0 Å². The first-order valence-electron chi connectivity index (χ1n) is 6.01. The Balaban J connectivity index is 2.30. The molecule has 0 heterocycles. The summed E-state index contributed by atoms with van der Waals surface area (Å²) in [5, 5.41) is 1.56. The molecule has 0 radical (unpaired) electrons. The Kier molecular flexibility index (Phi) is 4.12. The molecule has 0 bridgehead atoms. The largest absolute Gasteiger partial charge is 0.0843 e. The van der Waals surface area contributed by atoms with Gasteiger partial charge >= 0.3 is 0 Å². The zero-order chi connectivity index (χ0) is 12.6. The molecule has 1 aliphatic carbocycles. The molecule has 2 rings (SSSR count). The quantitative estimate of drug-likeness (QED) is 0.560. The minimum atomic E-state index is 0.297. The Morgan fingerprint density at radius 1 is 1.35 bits per heavy atom. The van der Waals surface area contributed by atoms with Crippen molar-refractivity contribution in [2.45, 2.75) is 37.9 Å². The number of alkyl halides is 1. The molecule has 3 heteroatoms. The van der Waals surface area contributed by atoms with Crippen LogP contribution >= 0.6 is 39.1 Å². The van der Waals surface area contributed by atoms with Crippen molar-refractivity contribution in [3.63, 3.8) is 0 Å². The van der Waals surface area contributed by atoms with Crippen LogP contribution in [-0.2, 0) is 0 Å². The molecular formula is C14H17BrCl2. The van der Waals surface area contributed by atoms with Crippen molar-refractivity contribution in [2.75, 3.05) is 0 Å². The van der Waals surface area contributed by atoms with Gasteiger partial charge in [-0.05, 0) is 47.9 Å². The van der Waals surface area contributed by atoms with Crippen LogP contribution in [0.2, 0.25) is 10.0 Å². The van der Waals surface area contributed by atoms with Crippen molar-refractivity contribution < 1.29 is 0 Å². The topological polar surface area (TPSA) is 0 Å². The SMILES string of the molecule is CC1(C)CCCC1C(Br)c1cc(Cl)ccc1Cl. The average molecular weight is 336 g/mol. The molecule has 17 heavy (non-hydrogen) atoms. The third kappa shape index (κ3) is 2.83. The van der Waals surface area contributed by atoms with Crippen LogP contribution in [0.3, 0.4) is 0 Å². The summed E-state index contributed by atoms with van der Waals surface area (Å²) in [5.41, 5.74) is 1.50. The third-order valence-electron chi connectivity index (χ3n) is 3.95. The van der Waals surface area contributed by atoms with Gasteiger partial charge < -0.3 is 0 Å². The third-order valence-corrected chi connectivity index (χ3v) is 5.66. The first-order chi connectivity index (χ1) is 7.92. The Bertz CT molecular complexity index is 415. The van der Waals surface area contributed by atoms with E-state index in [1.165, 1.54) is 19.3 Å². The zero-order valence-corrected chi connectivity index (χ0v) is 13.2. The summed E-state index contributed by atoms with van der Waals surface area (Å²) in [6, 6.07) is 5.71. The molecule has 0 nitrogen and oxygen atoms in total. The van der Waals surface area contributed by atoms with Crippen LogP contribution in [-0.4, -0.2) is 0 Å². The molecule has 1 saturated carbocycles. The number of halogens is 3. The summed E-state index contributed by atoms with van der Waals surface area (Å²) in [6.45, 7) is 4.69. The lowest BCUT2D eigenvalue weighted by Gasteiger charge is -2.31. The van der Waals surface area contributed by atoms with Crippen LogP contribution < -0.4 is 0 Å². The molecule has 0 saturated heterocycles. The van der Waals surface area contributed by atoms with Gasteiger partial charge in [-0.25, -0.2) is 0 Å². The maximum Gasteiger partial charge on any atom is 0.0450 e. The Morgan fingerprint density at radius 2 is 2.06 bits per heavy atom. The van der Waals surface area contributed by atoms with Crippen molar-refractivity contribution in [3.05, 3.63) is 33.8 Å². The maximum absolute atomic E-state index is 6.27. The van der Waals surface area contributed by atoms with Gasteiger partial charge in [0.15, 0.2) is 0 Å². The van der Waals surface area contributed by atoms with E-state index in [0.29, 0.717) is 16.2 Å². The highest BCUT2D eigenvalue weighted by Crippen LogP contribution is 2.53. The van der Waals surface area contributed by atoms with Crippen molar-refractivity contribution in [1.29, 1.82) is 0 Å². The van der Waals surface area contributed by atoms with Crippen LogP contribution in [0.1, 0.15) is 43.5 Å². The van der Waals surface area contributed by atoms with Crippen molar-refractivity contribution in [2.24, 2.45) is 11.3 Å². The molecule has 0 spiro atoms. The first-order valence-corrected chi connectivity index (χ1v) is 7.68. The van der Waals surface area contributed by atoms with Gasteiger partial charge in [-0.1, -0.05) is 59.4 Å². The van der Waals surface area contributed by atoms with E-state index >= 15 is 0 Å². The number of benzene rings is 1. The monoisotopic (exact) mass is 334 g/mol. The molecule has 0 aromatic heterocycles. The molecule has 1 fully saturated rings. The van der Waals surface area contributed by atoms with Gasteiger partial charge in [-0.2, -0.15) is 0 Å². The molecule has 2 unspecified atom stereocenters. The maximum atomic E-state index is 6.27.